The molecule has 7 heteroatoms. The fourth-order valence-corrected chi connectivity index (χ4v) is 2.06. The quantitative estimate of drug-likeness (QED) is 0.603. The summed E-state index contributed by atoms with van der Waals surface area (Å²) in [5.74, 6) is 6.30. The van der Waals surface area contributed by atoms with Gasteiger partial charge in [0.2, 0.25) is 0 Å². The Morgan fingerprint density at radius 1 is 1.50 bits per heavy atom. The zero-order chi connectivity index (χ0) is 14.4. The molecule has 0 aliphatic heterocycles. The van der Waals surface area contributed by atoms with Crippen LogP contribution in [-0.2, 0) is 6.54 Å². The maximum absolute atomic E-state index is 5.92. The molecule has 2 aromatic rings. The first-order valence-electron chi connectivity index (χ1n) is 6.47. The number of aryl methyl sites for hydroxylation is 1. The first-order valence-corrected chi connectivity index (χ1v) is 6.85. The van der Waals surface area contributed by atoms with E-state index >= 15 is 0 Å². The Balaban J connectivity index is 2.03. The molecule has 0 amide bonds. The van der Waals surface area contributed by atoms with E-state index in [1.165, 1.54) is 0 Å². The highest BCUT2D eigenvalue weighted by Gasteiger charge is 2.16. The van der Waals surface area contributed by atoms with Gasteiger partial charge in [-0.15, -0.1) is 5.10 Å². The molecule has 0 saturated heterocycles. The molecule has 0 radical (unpaired) electrons. The number of nitrogens with two attached hydrogens (primary N) is 1. The molecule has 2 rings (SSSR count). The molecule has 0 spiro atoms. The fraction of sp³-hybridized carbons (Fsp3) is 0.385. The Morgan fingerprint density at radius 3 is 3.05 bits per heavy atom. The van der Waals surface area contributed by atoms with Gasteiger partial charge in [-0.2, -0.15) is 0 Å². The van der Waals surface area contributed by atoms with Gasteiger partial charge >= 0.3 is 0 Å². The molecule has 1 aromatic heterocycles. The molecule has 0 saturated carbocycles. The summed E-state index contributed by atoms with van der Waals surface area (Å²) in [6.07, 6.45) is 2.67. The lowest BCUT2D eigenvalue weighted by Crippen LogP contribution is -2.34. The Labute approximate surface area is 122 Å². The number of hydrogen-bond acceptors (Lipinski definition) is 5. The largest absolute Gasteiger partial charge is 0.491 e. The van der Waals surface area contributed by atoms with Crippen LogP contribution in [0.2, 0.25) is 5.02 Å². The van der Waals surface area contributed by atoms with Crippen LogP contribution in [0.1, 0.15) is 25.1 Å². The van der Waals surface area contributed by atoms with Crippen molar-refractivity contribution in [3.63, 3.8) is 0 Å². The van der Waals surface area contributed by atoms with Gasteiger partial charge in [0.25, 0.3) is 0 Å². The molecular formula is C13H18ClN5O. The van der Waals surface area contributed by atoms with Crippen molar-refractivity contribution in [2.45, 2.75) is 25.9 Å². The third kappa shape index (κ3) is 3.69. The lowest BCUT2D eigenvalue weighted by Gasteiger charge is -2.17. The van der Waals surface area contributed by atoms with Crippen molar-refractivity contribution >= 4 is 11.6 Å². The van der Waals surface area contributed by atoms with Gasteiger partial charge in [0.1, 0.15) is 12.4 Å². The second-order valence-electron chi connectivity index (χ2n) is 4.37. The second-order valence-corrected chi connectivity index (χ2v) is 4.81. The van der Waals surface area contributed by atoms with Crippen molar-refractivity contribution in [1.29, 1.82) is 0 Å². The first kappa shape index (κ1) is 14.8. The Hall–Kier alpha value is -1.63. The van der Waals surface area contributed by atoms with Gasteiger partial charge in [-0.25, -0.2) is 10.1 Å². The lowest BCUT2D eigenvalue weighted by molar-refractivity contribution is 0.259. The van der Waals surface area contributed by atoms with E-state index in [0.717, 1.165) is 18.7 Å². The minimum atomic E-state index is -0.185. The number of ether oxygens (including phenoxy) is 1. The number of rotatable bonds is 7. The summed E-state index contributed by atoms with van der Waals surface area (Å²) in [6, 6.07) is 7.06. The van der Waals surface area contributed by atoms with Crippen molar-refractivity contribution in [2.75, 3.05) is 6.61 Å². The first-order chi connectivity index (χ1) is 9.74. The highest BCUT2D eigenvalue weighted by molar-refractivity contribution is 6.30. The average molecular weight is 296 g/mol. The number of aromatic nitrogens is 3. The van der Waals surface area contributed by atoms with Crippen molar-refractivity contribution in [3.8, 4) is 5.75 Å². The van der Waals surface area contributed by atoms with Crippen LogP contribution in [-0.4, -0.2) is 21.6 Å². The normalized spacial score (nSPS) is 12.3. The molecule has 1 aromatic carbocycles. The molecule has 0 bridgehead atoms. The maximum atomic E-state index is 5.92. The Kier molecular flexibility index (Phi) is 5.34. The van der Waals surface area contributed by atoms with E-state index in [1.54, 1.807) is 18.3 Å². The third-order valence-corrected chi connectivity index (χ3v) is 3.09. The summed E-state index contributed by atoms with van der Waals surface area (Å²) < 4.78 is 7.53. The highest BCUT2D eigenvalue weighted by atomic mass is 35.5. The van der Waals surface area contributed by atoms with E-state index in [1.807, 2.05) is 16.8 Å². The number of halogens is 1. The molecule has 0 aliphatic carbocycles. The average Bonchev–Trinajstić information content (AvgIpc) is 2.89. The standard InChI is InChI=1S/C13H18ClN5O/c1-2-6-19-13(8-16-18-19)12(17-15)9-20-11-5-3-4-10(14)7-11/h3-5,7-8,12,17H,2,6,9,15H2,1H3. The van der Waals surface area contributed by atoms with Crippen molar-refractivity contribution in [1.82, 2.24) is 20.4 Å². The SMILES string of the molecule is CCCn1nncc1C(COc1cccc(Cl)c1)NN. The predicted molar refractivity (Wildman–Crippen MR) is 77.3 cm³/mol. The molecule has 1 unspecified atom stereocenters. The molecule has 6 nitrogen and oxygen atoms in total. The van der Waals surface area contributed by atoms with Crippen LogP contribution >= 0.6 is 11.6 Å². The lowest BCUT2D eigenvalue weighted by atomic mass is 10.2. The predicted octanol–water partition coefficient (Wildman–Crippen LogP) is 1.92. The van der Waals surface area contributed by atoms with Crippen molar-refractivity contribution in [2.24, 2.45) is 5.84 Å². The molecule has 0 fully saturated rings. The zero-order valence-corrected chi connectivity index (χ0v) is 12.0. The van der Waals surface area contributed by atoms with Gasteiger partial charge in [0.05, 0.1) is 17.9 Å². The Bertz CT molecular complexity index is 545. The summed E-state index contributed by atoms with van der Waals surface area (Å²) in [4.78, 5) is 0. The Morgan fingerprint density at radius 2 is 2.35 bits per heavy atom. The highest BCUT2D eigenvalue weighted by Crippen LogP contribution is 2.19. The molecule has 0 aliphatic rings. The van der Waals surface area contributed by atoms with Gasteiger partial charge in [0, 0.05) is 11.6 Å². The number of nitrogens with one attached hydrogen (secondary N) is 1. The summed E-state index contributed by atoms with van der Waals surface area (Å²) in [6.45, 7) is 3.25. The molecular weight excluding hydrogens is 278 g/mol. The number of hydrazine groups is 1. The molecule has 108 valence electrons. The van der Waals surface area contributed by atoms with Gasteiger partial charge in [0.15, 0.2) is 0 Å². The van der Waals surface area contributed by atoms with Crippen LogP contribution in [0.4, 0.5) is 0 Å². The van der Waals surface area contributed by atoms with Gasteiger partial charge in [-0.1, -0.05) is 29.8 Å². The minimum Gasteiger partial charge on any atom is -0.491 e. The topological polar surface area (TPSA) is 78.0 Å². The van der Waals surface area contributed by atoms with Crippen LogP contribution in [0.15, 0.2) is 30.5 Å². The van der Waals surface area contributed by atoms with E-state index in [0.29, 0.717) is 17.4 Å². The van der Waals surface area contributed by atoms with Crippen LogP contribution in [0.25, 0.3) is 0 Å². The van der Waals surface area contributed by atoms with Crippen molar-refractivity contribution < 1.29 is 4.74 Å². The van der Waals surface area contributed by atoms with Gasteiger partial charge < -0.3 is 4.74 Å². The smallest absolute Gasteiger partial charge is 0.120 e. The fourth-order valence-electron chi connectivity index (χ4n) is 1.88. The number of benzene rings is 1. The van der Waals surface area contributed by atoms with Gasteiger partial charge in [-0.3, -0.25) is 5.84 Å². The summed E-state index contributed by atoms with van der Waals surface area (Å²) in [5, 5.41) is 8.59. The van der Waals surface area contributed by atoms with E-state index < -0.39 is 0 Å². The second kappa shape index (κ2) is 7.23. The molecule has 1 heterocycles. The maximum Gasteiger partial charge on any atom is 0.120 e. The zero-order valence-electron chi connectivity index (χ0n) is 11.3. The molecule has 1 atom stereocenters. The van der Waals surface area contributed by atoms with Crippen molar-refractivity contribution in [3.05, 3.63) is 41.2 Å². The van der Waals surface area contributed by atoms with Crippen LogP contribution in [0, 0.1) is 0 Å². The van der Waals surface area contributed by atoms with E-state index in [4.69, 9.17) is 22.2 Å². The number of hydrogen-bond donors (Lipinski definition) is 2. The molecule has 20 heavy (non-hydrogen) atoms. The van der Waals surface area contributed by atoms with E-state index in [2.05, 4.69) is 22.7 Å². The summed E-state index contributed by atoms with van der Waals surface area (Å²) in [7, 11) is 0. The third-order valence-electron chi connectivity index (χ3n) is 2.85. The van der Waals surface area contributed by atoms with E-state index in [-0.39, 0.29) is 6.04 Å². The van der Waals surface area contributed by atoms with Gasteiger partial charge in [-0.05, 0) is 24.6 Å². The van der Waals surface area contributed by atoms with E-state index in [9.17, 15) is 0 Å². The minimum absolute atomic E-state index is 0.185. The van der Waals surface area contributed by atoms with Crippen LogP contribution in [0.5, 0.6) is 5.75 Å². The van der Waals surface area contributed by atoms with Crippen LogP contribution in [0.3, 0.4) is 0 Å². The van der Waals surface area contributed by atoms with Crippen LogP contribution < -0.4 is 16.0 Å². The molecule has 3 N–H and O–H groups in total. The summed E-state index contributed by atoms with van der Waals surface area (Å²) in [5.41, 5.74) is 3.63. The summed E-state index contributed by atoms with van der Waals surface area (Å²) >= 11 is 5.92. The monoisotopic (exact) mass is 295 g/mol. The number of nitrogens with zero attached hydrogens (tertiary/aromatic N) is 3.